The van der Waals surface area contributed by atoms with Gasteiger partial charge in [-0.1, -0.05) is 0 Å². The van der Waals surface area contributed by atoms with Gasteiger partial charge in [-0.15, -0.1) is 0 Å². The molecule has 20 heavy (non-hydrogen) atoms. The van der Waals surface area contributed by atoms with Gasteiger partial charge < -0.3 is 15.7 Å². The monoisotopic (exact) mass is 276 g/mol. The Labute approximate surface area is 118 Å². The number of rotatable bonds is 3. The molecule has 1 atom stereocenters. The van der Waals surface area contributed by atoms with Crippen molar-refractivity contribution in [1.29, 1.82) is 0 Å². The van der Waals surface area contributed by atoms with Crippen LogP contribution in [0.4, 0.5) is 5.69 Å². The maximum atomic E-state index is 12.3. The number of aryl methyl sites for hydroxylation is 1. The van der Waals surface area contributed by atoms with Crippen molar-refractivity contribution >= 4 is 17.6 Å². The number of nitrogens with one attached hydrogen (secondary N) is 2. The SMILES string of the molecule is Cc1cc(NC(=O)C2(C)CCCN2)cc(C(=O)O)c1C. The predicted molar refractivity (Wildman–Crippen MR) is 77.1 cm³/mol. The van der Waals surface area contributed by atoms with Gasteiger partial charge in [0.1, 0.15) is 0 Å². The van der Waals surface area contributed by atoms with Gasteiger partial charge in [-0.2, -0.15) is 0 Å². The molecule has 1 aromatic carbocycles. The van der Waals surface area contributed by atoms with Gasteiger partial charge in [0, 0.05) is 5.69 Å². The zero-order valence-corrected chi connectivity index (χ0v) is 12.0. The number of carboxylic acid groups (broad SMARTS) is 1. The number of carbonyl (C=O) groups is 2. The Morgan fingerprint density at radius 2 is 2.05 bits per heavy atom. The number of anilines is 1. The molecule has 1 heterocycles. The van der Waals surface area contributed by atoms with Crippen LogP contribution < -0.4 is 10.6 Å². The first-order valence-corrected chi connectivity index (χ1v) is 6.74. The molecule has 108 valence electrons. The molecule has 1 fully saturated rings. The van der Waals surface area contributed by atoms with Gasteiger partial charge in [-0.3, -0.25) is 4.79 Å². The van der Waals surface area contributed by atoms with Crippen LogP contribution in [0.2, 0.25) is 0 Å². The highest BCUT2D eigenvalue weighted by Gasteiger charge is 2.35. The fourth-order valence-corrected chi connectivity index (χ4v) is 2.51. The van der Waals surface area contributed by atoms with Crippen LogP contribution in [-0.2, 0) is 4.79 Å². The molecule has 0 saturated carbocycles. The van der Waals surface area contributed by atoms with E-state index in [-0.39, 0.29) is 11.5 Å². The maximum absolute atomic E-state index is 12.3. The Kier molecular flexibility index (Phi) is 3.81. The summed E-state index contributed by atoms with van der Waals surface area (Å²) in [5.74, 6) is -1.10. The minimum Gasteiger partial charge on any atom is -0.478 e. The summed E-state index contributed by atoms with van der Waals surface area (Å²) in [7, 11) is 0. The van der Waals surface area contributed by atoms with Crippen LogP contribution in [0, 0.1) is 13.8 Å². The van der Waals surface area contributed by atoms with E-state index in [9.17, 15) is 14.7 Å². The van der Waals surface area contributed by atoms with Crippen LogP contribution >= 0.6 is 0 Å². The molecule has 1 saturated heterocycles. The van der Waals surface area contributed by atoms with Crippen molar-refractivity contribution in [3.8, 4) is 0 Å². The molecule has 0 bridgehead atoms. The number of amides is 1. The van der Waals surface area contributed by atoms with E-state index in [2.05, 4.69) is 10.6 Å². The van der Waals surface area contributed by atoms with E-state index in [4.69, 9.17) is 0 Å². The Hall–Kier alpha value is -1.88. The summed E-state index contributed by atoms with van der Waals surface area (Å²) in [6.45, 7) is 6.31. The average Bonchev–Trinajstić information content (AvgIpc) is 2.81. The predicted octanol–water partition coefficient (Wildman–Crippen LogP) is 2.08. The van der Waals surface area contributed by atoms with Gasteiger partial charge in [0.05, 0.1) is 11.1 Å². The second-order valence-corrected chi connectivity index (χ2v) is 5.59. The smallest absolute Gasteiger partial charge is 0.336 e. The molecule has 5 nitrogen and oxygen atoms in total. The third-order valence-electron chi connectivity index (χ3n) is 4.03. The van der Waals surface area contributed by atoms with Crippen molar-refractivity contribution in [2.24, 2.45) is 0 Å². The normalized spacial score (nSPS) is 21.8. The lowest BCUT2D eigenvalue weighted by atomic mass is 9.98. The molecular formula is C15H20N2O3. The summed E-state index contributed by atoms with van der Waals surface area (Å²) in [5, 5.41) is 15.2. The van der Waals surface area contributed by atoms with Crippen LogP contribution in [0.5, 0.6) is 0 Å². The second-order valence-electron chi connectivity index (χ2n) is 5.59. The Bertz CT molecular complexity index is 560. The largest absolute Gasteiger partial charge is 0.478 e. The van der Waals surface area contributed by atoms with Crippen LogP contribution in [0.25, 0.3) is 0 Å². The summed E-state index contributed by atoms with van der Waals surface area (Å²) < 4.78 is 0. The number of carbonyl (C=O) groups excluding carboxylic acids is 1. The first kappa shape index (κ1) is 14.5. The van der Waals surface area contributed by atoms with Gasteiger partial charge in [0.15, 0.2) is 0 Å². The molecule has 1 aliphatic rings. The lowest BCUT2D eigenvalue weighted by Crippen LogP contribution is -2.48. The van der Waals surface area contributed by atoms with E-state index in [1.807, 2.05) is 13.8 Å². The number of carboxylic acids is 1. The van der Waals surface area contributed by atoms with Crippen molar-refractivity contribution in [3.05, 3.63) is 28.8 Å². The minimum absolute atomic E-state index is 0.116. The number of benzene rings is 1. The lowest BCUT2D eigenvalue weighted by Gasteiger charge is -2.23. The van der Waals surface area contributed by atoms with E-state index in [0.29, 0.717) is 5.69 Å². The lowest BCUT2D eigenvalue weighted by molar-refractivity contribution is -0.121. The van der Waals surface area contributed by atoms with Crippen molar-refractivity contribution in [2.75, 3.05) is 11.9 Å². The van der Waals surface area contributed by atoms with E-state index < -0.39 is 11.5 Å². The van der Waals surface area contributed by atoms with E-state index in [0.717, 1.165) is 30.5 Å². The zero-order chi connectivity index (χ0) is 14.9. The highest BCUT2D eigenvalue weighted by Crippen LogP contribution is 2.24. The molecule has 0 aliphatic carbocycles. The van der Waals surface area contributed by atoms with Crippen LogP contribution in [0.15, 0.2) is 12.1 Å². The highest BCUT2D eigenvalue weighted by atomic mass is 16.4. The van der Waals surface area contributed by atoms with Crippen LogP contribution in [0.1, 0.15) is 41.3 Å². The third kappa shape index (κ3) is 2.67. The van der Waals surface area contributed by atoms with Gasteiger partial charge in [0.2, 0.25) is 5.91 Å². The molecular weight excluding hydrogens is 256 g/mol. The number of hydrogen-bond donors (Lipinski definition) is 3. The maximum Gasteiger partial charge on any atom is 0.336 e. The molecule has 1 amide bonds. The fraction of sp³-hybridized carbons (Fsp3) is 0.467. The van der Waals surface area contributed by atoms with Gasteiger partial charge >= 0.3 is 5.97 Å². The van der Waals surface area contributed by atoms with Gasteiger partial charge in [-0.05, 0) is 63.4 Å². The summed E-state index contributed by atoms with van der Waals surface area (Å²) in [6.07, 6.45) is 1.76. The Balaban J connectivity index is 2.26. The van der Waals surface area contributed by atoms with Crippen LogP contribution in [-0.4, -0.2) is 29.1 Å². The van der Waals surface area contributed by atoms with Crippen LogP contribution in [0.3, 0.4) is 0 Å². The quantitative estimate of drug-likeness (QED) is 0.790. The molecule has 1 aromatic rings. The molecule has 1 aliphatic heterocycles. The molecule has 0 aromatic heterocycles. The minimum atomic E-state index is -0.980. The summed E-state index contributed by atoms with van der Waals surface area (Å²) in [4.78, 5) is 23.5. The Morgan fingerprint density at radius 3 is 2.60 bits per heavy atom. The van der Waals surface area contributed by atoms with Crippen molar-refractivity contribution in [3.63, 3.8) is 0 Å². The molecule has 0 spiro atoms. The van der Waals surface area contributed by atoms with Gasteiger partial charge in [0.25, 0.3) is 0 Å². The second kappa shape index (κ2) is 5.25. The first-order valence-electron chi connectivity index (χ1n) is 6.74. The summed E-state index contributed by atoms with van der Waals surface area (Å²) >= 11 is 0. The molecule has 2 rings (SSSR count). The zero-order valence-electron chi connectivity index (χ0n) is 12.0. The number of hydrogen-bond acceptors (Lipinski definition) is 3. The standard InChI is InChI=1S/C15H20N2O3/c1-9-7-11(8-12(10(9)2)13(18)19)17-14(20)15(3)5-4-6-16-15/h7-8,16H,4-6H2,1-3H3,(H,17,20)(H,18,19). The topological polar surface area (TPSA) is 78.4 Å². The van der Waals surface area contributed by atoms with Crippen molar-refractivity contribution in [1.82, 2.24) is 5.32 Å². The molecule has 3 N–H and O–H groups in total. The highest BCUT2D eigenvalue weighted by molar-refractivity contribution is 5.99. The van der Waals surface area contributed by atoms with Crippen molar-refractivity contribution < 1.29 is 14.7 Å². The van der Waals surface area contributed by atoms with Crippen molar-refractivity contribution in [2.45, 2.75) is 39.2 Å². The van der Waals surface area contributed by atoms with E-state index >= 15 is 0 Å². The third-order valence-corrected chi connectivity index (χ3v) is 4.03. The summed E-state index contributed by atoms with van der Waals surface area (Å²) in [6, 6.07) is 3.32. The molecule has 1 unspecified atom stereocenters. The van der Waals surface area contributed by atoms with E-state index in [1.54, 1.807) is 13.0 Å². The first-order chi connectivity index (χ1) is 9.33. The fourth-order valence-electron chi connectivity index (χ4n) is 2.51. The van der Waals surface area contributed by atoms with Gasteiger partial charge in [-0.25, -0.2) is 4.79 Å². The Morgan fingerprint density at radius 1 is 1.35 bits per heavy atom. The molecule has 5 heteroatoms. The van der Waals surface area contributed by atoms with E-state index in [1.165, 1.54) is 6.07 Å². The number of aromatic carboxylic acids is 1. The molecule has 0 radical (unpaired) electrons. The average molecular weight is 276 g/mol. The summed E-state index contributed by atoms with van der Waals surface area (Å²) in [5.41, 5.74) is 1.77.